The van der Waals surface area contributed by atoms with Crippen molar-refractivity contribution in [2.24, 2.45) is 0 Å². The van der Waals surface area contributed by atoms with E-state index in [0.29, 0.717) is 5.92 Å². The Morgan fingerprint density at radius 2 is 1.26 bits per heavy atom. The highest BCUT2D eigenvalue weighted by Gasteiger charge is 2.39. The summed E-state index contributed by atoms with van der Waals surface area (Å²) in [5.41, 5.74) is 8.90. The molecule has 2 atom stereocenters. The highest BCUT2D eigenvalue weighted by molar-refractivity contribution is 6.01. The van der Waals surface area contributed by atoms with Crippen molar-refractivity contribution in [3.8, 4) is 16.8 Å². The van der Waals surface area contributed by atoms with Gasteiger partial charge in [0.25, 0.3) is 0 Å². The molecule has 2 nitrogen and oxygen atoms in total. The summed E-state index contributed by atoms with van der Waals surface area (Å²) in [5, 5.41) is 1.25. The molecule has 0 radical (unpaired) electrons. The molecule has 162 valence electrons. The Bertz CT molecular complexity index is 1560. The summed E-state index contributed by atoms with van der Waals surface area (Å²) in [4.78, 5) is 2.53. The van der Waals surface area contributed by atoms with Gasteiger partial charge in [0.05, 0.1) is 17.2 Å². The summed E-state index contributed by atoms with van der Waals surface area (Å²) in [5.74, 6) is 0.347. The lowest BCUT2D eigenvalue weighted by atomic mass is 9.90. The average molecular weight is 437 g/mol. The minimum atomic E-state index is 0.281. The van der Waals surface area contributed by atoms with Gasteiger partial charge in [-0.3, -0.25) is 0 Å². The van der Waals surface area contributed by atoms with Gasteiger partial charge in [0.15, 0.2) is 0 Å². The minimum absolute atomic E-state index is 0.281. The quantitative estimate of drug-likeness (QED) is 0.278. The summed E-state index contributed by atoms with van der Waals surface area (Å²) in [7, 11) is 0. The van der Waals surface area contributed by atoms with Crippen molar-refractivity contribution in [1.82, 2.24) is 4.57 Å². The number of hydrogen-bond acceptors (Lipinski definition) is 1. The molecular weight excluding hydrogens is 412 g/mol. The molecule has 0 saturated carbocycles. The second kappa shape index (κ2) is 7.64. The van der Waals surface area contributed by atoms with Crippen LogP contribution in [0.25, 0.3) is 27.7 Å². The van der Waals surface area contributed by atoms with Crippen molar-refractivity contribution in [1.29, 1.82) is 0 Å². The van der Waals surface area contributed by atoms with Crippen molar-refractivity contribution >= 4 is 22.3 Å². The molecule has 0 amide bonds. The van der Waals surface area contributed by atoms with E-state index in [-0.39, 0.29) is 6.04 Å². The van der Waals surface area contributed by atoms with E-state index in [2.05, 4.69) is 143 Å². The predicted octanol–water partition coefficient (Wildman–Crippen LogP) is 8.03. The van der Waals surface area contributed by atoms with Crippen molar-refractivity contribution in [2.45, 2.75) is 12.0 Å². The monoisotopic (exact) mass is 436 g/mol. The molecule has 0 saturated heterocycles. The zero-order valence-electron chi connectivity index (χ0n) is 18.8. The van der Waals surface area contributed by atoms with Crippen LogP contribution < -0.4 is 4.90 Å². The van der Waals surface area contributed by atoms with Crippen LogP contribution in [-0.2, 0) is 0 Å². The molecule has 0 fully saturated rings. The third-order valence-corrected chi connectivity index (χ3v) is 7.14. The Balaban J connectivity index is 1.52. The summed E-state index contributed by atoms with van der Waals surface area (Å²) in [6, 6.07) is 37.4. The van der Waals surface area contributed by atoms with Gasteiger partial charge in [0.1, 0.15) is 0 Å². The highest BCUT2D eigenvalue weighted by atomic mass is 15.2. The van der Waals surface area contributed by atoms with E-state index in [9.17, 15) is 0 Å². The zero-order valence-corrected chi connectivity index (χ0v) is 18.8. The van der Waals surface area contributed by atoms with Crippen LogP contribution in [-0.4, -0.2) is 10.6 Å². The van der Waals surface area contributed by atoms with Crippen molar-refractivity contribution in [2.75, 3.05) is 4.90 Å². The molecule has 1 aliphatic carbocycles. The van der Waals surface area contributed by atoms with Crippen LogP contribution in [0.3, 0.4) is 0 Å². The Hall–Kier alpha value is -4.30. The Labute approximate surface area is 199 Å². The van der Waals surface area contributed by atoms with Gasteiger partial charge in [-0.15, -0.1) is 0 Å². The highest BCUT2D eigenvalue weighted by Crippen LogP contribution is 2.52. The number of para-hydroxylation sites is 4. The average Bonchev–Trinajstić information content (AvgIpc) is 3.49. The first-order chi connectivity index (χ1) is 16.9. The van der Waals surface area contributed by atoms with E-state index in [4.69, 9.17) is 0 Å². The number of anilines is 2. The predicted molar refractivity (Wildman–Crippen MR) is 142 cm³/mol. The first-order valence-corrected chi connectivity index (χ1v) is 11.9. The van der Waals surface area contributed by atoms with Gasteiger partial charge in [-0.05, 0) is 35.9 Å². The topological polar surface area (TPSA) is 8.17 Å². The summed E-state index contributed by atoms with van der Waals surface area (Å²) in [6.45, 7) is 0. The smallest absolute Gasteiger partial charge is 0.0629 e. The molecule has 2 heterocycles. The van der Waals surface area contributed by atoms with Gasteiger partial charge < -0.3 is 9.47 Å². The second-order valence-electron chi connectivity index (χ2n) is 9.00. The van der Waals surface area contributed by atoms with Gasteiger partial charge in [-0.2, -0.15) is 0 Å². The molecular formula is C32H24N2. The molecule has 5 aromatic rings. The second-order valence-corrected chi connectivity index (χ2v) is 9.00. The first-order valence-electron chi connectivity index (χ1n) is 11.9. The number of allylic oxidation sites excluding steroid dienone is 2. The Kier molecular flexibility index (Phi) is 4.31. The van der Waals surface area contributed by atoms with E-state index in [1.54, 1.807) is 0 Å². The molecule has 0 bridgehead atoms. The fraction of sp³-hybridized carbons (Fsp3) is 0.0625. The van der Waals surface area contributed by atoms with E-state index in [1.807, 2.05) is 0 Å². The van der Waals surface area contributed by atoms with Gasteiger partial charge >= 0.3 is 0 Å². The summed E-state index contributed by atoms with van der Waals surface area (Å²) < 4.78 is 2.32. The van der Waals surface area contributed by atoms with E-state index >= 15 is 0 Å². The van der Waals surface area contributed by atoms with Crippen LogP contribution >= 0.6 is 0 Å². The molecule has 1 aromatic heterocycles. The molecule has 2 unspecified atom stereocenters. The van der Waals surface area contributed by atoms with Gasteiger partial charge in [0, 0.05) is 40.0 Å². The van der Waals surface area contributed by atoms with Gasteiger partial charge in [0.2, 0.25) is 0 Å². The third-order valence-electron chi connectivity index (χ3n) is 7.14. The van der Waals surface area contributed by atoms with Crippen LogP contribution in [0, 0.1) is 0 Å². The first kappa shape index (κ1) is 19.2. The summed E-state index contributed by atoms with van der Waals surface area (Å²) in [6.07, 6.45) is 11.3. The van der Waals surface area contributed by atoms with Crippen molar-refractivity contribution in [3.63, 3.8) is 0 Å². The van der Waals surface area contributed by atoms with E-state index in [0.717, 1.165) is 0 Å². The largest absolute Gasteiger partial charge is 0.333 e. The lowest BCUT2D eigenvalue weighted by Crippen LogP contribution is -2.28. The van der Waals surface area contributed by atoms with Crippen molar-refractivity contribution < 1.29 is 0 Å². The maximum Gasteiger partial charge on any atom is 0.0629 e. The standard InChI is InChI=1S/C32H24N2/c1-3-12-24(13-4-1)33-22-21-23-11-9-17-28(31(23)33)29-19-10-18-27-26-16-7-8-20-30(26)34(32(27)29)25-14-5-2-6-15-25/h1-22,26,30H. The molecule has 2 heteroatoms. The SMILES string of the molecule is C1=CC2c3cccc(-c4cccc5ccn(-c6ccccc6)c45)c3N(c3ccccc3)C2C=C1. The minimum Gasteiger partial charge on any atom is -0.333 e. The number of fused-ring (bicyclic) bond motifs is 4. The molecule has 0 N–H and O–H groups in total. The fourth-order valence-electron chi connectivity index (χ4n) is 5.70. The van der Waals surface area contributed by atoms with Crippen LogP contribution in [0.1, 0.15) is 11.5 Å². The van der Waals surface area contributed by atoms with Crippen LogP contribution in [0.15, 0.2) is 134 Å². The Morgan fingerprint density at radius 3 is 2.09 bits per heavy atom. The zero-order chi connectivity index (χ0) is 22.5. The lowest BCUT2D eigenvalue weighted by Gasteiger charge is -2.30. The number of benzene rings is 4. The lowest BCUT2D eigenvalue weighted by molar-refractivity contribution is 0.745. The number of aromatic nitrogens is 1. The van der Waals surface area contributed by atoms with Crippen LogP contribution in [0.5, 0.6) is 0 Å². The molecule has 1 aliphatic heterocycles. The maximum atomic E-state index is 2.53. The fourth-order valence-corrected chi connectivity index (χ4v) is 5.70. The number of nitrogens with zero attached hydrogens (tertiary/aromatic N) is 2. The third kappa shape index (κ3) is 2.82. The van der Waals surface area contributed by atoms with Gasteiger partial charge in [-0.25, -0.2) is 0 Å². The van der Waals surface area contributed by atoms with Gasteiger partial charge in [-0.1, -0.05) is 97.1 Å². The molecule has 34 heavy (non-hydrogen) atoms. The summed E-state index contributed by atoms with van der Waals surface area (Å²) >= 11 is 0. The van der Waals surface area contributed by atoms with Crippen LogP contribution in [0.4, 0.5) is 11.4 Å². The number of hydrogen-bond donors (Lipinski definition) is 0. The molecule has 4 aromatic carbocycles. The number of rotatable bonds is 3. The molecule has 7 rings (SSSR count). The van der Waals surface area contributed by atoms with Crippen LogP contribution in [0.2, 0.25) is 0 Å². The normalized spacial score (nSPS) is 18.3. The van der Waals surface area contributed by atoms with E-state index < -0.39 is 0 Å². The Morgan fingerprint density at radius 1 is 0.559 bits per heavy atom. The molecule has 2 aliphatic rings. The molecule has 0 spiro atoms. The van der Waals surface area contributed by atoms with E-state index in [1.165, 1.54) is 44.7 Å². The van der Waals surface area contributed by atoms with Crippen molar-refractivity contribution in [3.05, 3.63) is 139 Å². The maximum absolute atomic E-state index is 2.53.